The van der Waals surface area contributed by atoms with Gasteiger partial charge in [-0.15, -0.1) is 0 Å². The number of nitrogens with one attached hydrogen (secondary N) is 1. The number of aromatic nitrogens is 3. The van der Waals surface area contributed by atoms with Crippen molar-refractivity contribution in [3.8, 4) is 0 Å². The first-order valence-electron chi connectivity index (χ1n) is 5.56. The van der Waals surface area contributed by atoms with Gasteiger partial charge in [0.1, 0.15) is 5.52 Å². The lowest BCUT2D eigenvalue weighted by molar-refractivity contribution is 0.450. The quantitative estimate of drug-likeness (QED) is 0.521. The average molecular weight is 258 g/mol. The second-order valence-electron chi connectivity index (χ2n) is 4.31. The Morgan fingerprint density at radius 2 is 2.06 bits per heavy atom. The number of hydrogen-bond acceptors (Lipinski definition) is 3. The van der Waals surface area contributed by atoms with E-state index in [2.05, 4.69) is 15.1 Å². The van der Waals surface area contributed by atoms with Crippen LogP contribution in [0.15, 0.2) is 28.8 Å². The molecule has 4 nitrogen and oxygen atoms in total. The predicted molar refractivity (Wildman–Crippen MR) is 70.9 cm³/mol. The fourth-order valence-corrected chi connectivity index (χ4v) is 2.40. The molecule has 88 valence electrons. The van der Waals surface area contributed by atoms with Crippen molar-refractivity contribution in [1.82, 2.24) is 15.1 Å². The Bertz CT molecular complexity index is 907. The van der Waals surface area contributed by atoms with Gasteiger partial charge in [0.05, 0.1) is 11.2 Å². The van der Waals surface area contributed by atoms with Crippen molar-refractivity contribution in [2.75, 3.05) is 0 Å². The third-order valence-corrected chi connectivity index (χ3v) is 3.35. The third-order valence-electron chi connectivity index (χ3n) is 3.11. The van der Waals surface area contributed by atoms with Gasteiger partial charge in [0.25, 0.3) is 0 Å². The second kappa shape index (κ2) is 3.23. The molecule has 0 saturated carbocycles. The first-order valence-corrected chi connectivity index (χ1v) is 5.94. The van der Waals surface area contributed by atoms with Crippen LogP contribution in [-0.4, -0.2) is 15.1 Å². The summed E-state index contributed by atoms with van der Waals surface area (Å²) in [7, 11) is 0. The van der Waals surface area contributed by atoms with Gasteiger partial charge in [-0.05, 0) is 31.2 Å². The van der Waals surface area contributed by atoms with Crippen molar-refractivity contribution in [3.63, 3.8) is 0 Å². The molecule has 0 atom stereocenters. The third kappa shape index (κ3) is 1.21. The Balaban J connectivity index is 2.25. The summed E-state index contributed by atoms with van der Waals surface area (Å²) in [6.45, 7) is 1.92. The summed E-state index contributed by atoms with van der Waals surface area (Å²) in [5, 5.41) is 5.46. The van der Waals surface area contributed by atoms with E-state index >= 15 is 0 Å². The molecule has 0 spiro atoms. The van der Waals surface area contributed by atoms with Gasteiger partial charge in [-0.25, -0.2) is 15.1 Å². The topological polar surface area (TPSA) is 54.7 Å². The first-order chi connectivity index (χ1) is 8.72. The minimum absolute atomic E-state index is 0.694. The van der Waals surface area contributed by atoms with Crippen LogP contribution in [0.5, 0.6) is 0 Å². The average Bonchev–Trinajstić information content (AvgIpc) is 2.89. The number of halogens is 1. The van der Waals surface area contributed by atoms with E-state index in [1.165, 1.54) is 0 Å². The van der Waals surface area contributed by atoms with Crippen LogP contribution in [0.2, 0.25) is 5.02 Å². The Labute approximate surface area is 107 Å². The highest BCUT2D eigenvalue weighted by Crippen LogP contribution is 2.29. The fourth-order valence-electron chi connectivity index (χ4n) is 2.23. The van der Waals surface area contributed by atoms with E-state index in [1.807, 2.05) is 31.2 Å². The number of benzene rings is 1. The lowest BCUT2D eigenvalue weighted by atomic mass is 10.2. The molecular formula is C13H8ClN3O. The predicted octanol–water partition coefficient (Wildman–Crippen LogP) is 3.82. The highest BCUT2D eigenvalue weighted by Gasteiger charge is 2.12. The van der Waals surface area contributed by atoms with Crippen LogP contribution in [0.1, 0.15) is 5.69 Å². The van der Waals surface area contributed by atoms with Crippen LogP contribution in [-0.2, 0) is 0 Å². The maximum absolute atomic E-state index is 6.02. The van der Waals surface area contributed by atoms with Gasteiger partial charge in [-0.2, -0.15) is 0 Å². The zero-order chi connectivity index (χ0) is 12.3. The summed E-state index contributed by atoms with van der Waals surface area (Å²) in [6, 6.07) is 7.59. The minimum Gasteiger partial charge on any atom is -0.380 e. The molecule has 3 heterocycles. The summed E-state index contributed by atoms with van der Waals surface area (Å²) in [5.74, 6) is 0. The molecular weight excluding hydrogens is 250 g/mol. The Hall–Kier alpha value is -2.07. The summed E-state index contributed by atoms with van der Waals surface area (Å²) in [4.78, 5) is 9.03. The maximum Gasteiger partial charge on any atom is 0.183 e. The normalized spacial score (nSPS) is 11.9. The summed E-state index contributed by atoms with van der Waals surface area (Å²) < 4.78 is 5.36. The van der Waals surface area contributed by atoms with Crippen LogP contribution >= 0.6 is 11.6 Å². The molecule has 0 bridgehead atoms. The molecule has 18 heavy (non-hydrogen) atoms. The number of pyridine rings is 1. The van der Waals surface area contributed by atoms with E-state index in [-0.39, 0.29) is 0 Å². The molecule has 0 aliphatic rings. The smallest absolute Gasteiger partial charge is 0.183 e. The molecule has 4 aromatic rings. The highest BCUT2D eigenvalue weighted by atomic mass is 35.5. The Kier molecular flexibility index (Phi) is 1.78. The Morgan fingerprint density at radius 1 is 1.17 bits per heavy atom. The number of aryl methyl sites for hydroxylation is 1. The summed E-state index contributed by atoms with van der Waals surface area (Å²) >= 11 is 6.02. The van der Waals surface area contributed by atoms with E-state index < -0.39 is 0 Å². The molecule has 0 fully saturated rings. The molecule has 1 N–H and O–H groups in total. The van der Waals surface area contributed by atoms with Crippen molar-refractivity contribution in [2.24, 2.45) is 0 Å². The second-order valence-corrected chi connectivity index (χ2v) is 4.75. The summed E-state index contributed by atoms with van der Waals surface area (Å²) in [6.07, 6.45) is 0. The van der Waals surface area contributed by atoms with Crippen molar-refractivity contribution in [1.29, 1.82) is 0 Å². The van der Waals surface area contributed by atoms with Crippen molar-refractivity contribution < 1.29 is 4.52 Å². The van der Waals surface area contributed by atoms with Gasteiger partial charge in [0.2, 0.25) is 0 Å². The minimum atomic E-state index is 0.694. The lowest BCUT2D eigenvalue weighted by Crippen LogP contribution is -1.79. The molecule has 0 aliphatic heterocycles. The number of H-pyrrole nitrogens is 1. The molecule has 0 aliphatic carbocycles. The standard InChI is InChI=1S/C13H8ClN3O/c1-6-12-11(18-17-6)5-9-8-4-7(14)2-3-10(8)15-13(9)16-12/h2-5,17H,1H3. The number of hydrogen-bond donors (Lipinski definition) is 1. The van der Waals surface area contributed by atoms with Crippen LogP contribution < -0.4 is 0 Å². The molecule has 4 rings (SSSR count). The van der Waals surface area contributed by atoms with Crippen LogP contribution in [0.3, 0.4) is 0 Å². The van der Waals surface area contributed by atoms with Crippen molar-refractivity contribution in [3.05, 3.63) is 35.0 Å². The van der Waals surface area contributed by atoms with E-state index in [0.717, 1.165) is 38.7 Å². The van der Waals surface area contributed by atoms with E-state index in [9.17, 15) is 0 Å². The number of nitrogens with zero attached hydrogens (tertiary/aromatic N) is 2. The number of rotatable bonds is 0. The van der Waals surface area contributed by atoms with Gasteiger partial charge in [-0.3, -0.25) is 0 Å². The van der Waals surface area contributed by atoms with E-state index in [4.69, 9.17) is 16.1 Å². The van der Waals surface area contributed by atoms with Crippen molar-refractivity contribution >= 4 is 44.6 Å². The van der Waals surface area contributed by atoms with Gasteiger partial charge >= 0.3 is 0 Å². The van der Waals surface area contributed by atoms with Gasteiger partial charge in [-0.1, -0.05) is 11.6 Å². The zero-order valence-corrected chi connectivity index (χ0v) is 10.2. The first kappa shape index (κ1) is 9.91. The molecule has 0 radical (unpaired) electrons. The lowest BCUT2D eigenvalue weighted by Gasteiger charge is -1.91. The van der Waals surface area contributed by atoms with Crippen LogP contribution in [0, 0.1) is 6.92 Å². The SMILES string of the molecule is Cc1[nH]oc2cc3c(nc4ccc(Cl)cc43)nc12. The molecule has 3 aromatic heterocycles. The Morgan fingerprint density at radius 3 is 2.94 bits per heavy atom. The van der Waals surface area contributed by atoms with Crippen LogP contribution in [0.4, 0.5) is 0 Å². The molecule has 0 amide bonds. The molecule has 5 heteroatoms. The van der Waals surface area contributed by atoms with Crippen LogP contribution in [0.25, 0.3) is 33.0 Å². The highest BCUT2D eigenvalue weighted by molar-refractivity contribution is 6.31. The van der Waals surface area contributed by atoms with E-state index in [1.54, 1.807) is 0 Å². The van der Waals surface area contributed by atoms with Crippen molar-refractivity contribution in [2.45, 2.75) is 6.92 Å². The number of aromatic amines is 1. The van der Waals surface area contributed by atoms with Gasteiger partial charge < -0.3 is 4.52 Å². The van der Waals surface area contributed by atoms with Gasteiger partial charge in [0, 0.05) is 15.8 Å². The summed E-state index contributed by atoms with van der Waals surface area (Å²) in [5.41, 5.74) is 4.07. The zero-order valence-electron chi connectivity index (χ0n) is 9.49. The fraction of sp³-hybridized carbons (Fsp3) is 0.0769. The van der Waals surface area contributed by atoms with E-state index in [0.29, 0.717) is 5.02 Å². The maximum atomic E-state index is 6.02. The molecule has 0 saturated heterocycles. The molecule has 0 unspecified atom stereocenters. The number of fused-ring (bicyclic) bond motifs is 4. The molecule has 1 aromatic carbocycles. The monoisotopic (exact) mass is 257 g/mol. The van der Waals surface area contributed by atoms with Gasteiger partial charge in [0.15, 0.2) is 11.2 Å². The largest absolute Gasteiger partial charge is 0.380 e.